The largest absolute Gasteiger partial charge is 0.345 e. The lowest BCUT2D eigenvalue weighted by Crippen LogP contribution is -2.36. The van der Waals surface area contributed by atoms with Crippen molar-refractivity contribution >= 4 is 27.5 Å². The highest BCUT2D eigenvalue weighted by atomic mass is 35.5. The Morgan fingerprint density at radius 1 is 1.19 bits per heavy atom. The lowest BCUT2D eigenvalue weighted by atomic mass is 10.2. The molecule has 1 heterocycles. The first-order chi connectivity index (χ1) is 9.84. The first kappa shape index (κ1) is 16.3. The highest BCUT2D eigenvalue weighted by Crippen LogP contribution is 2.28. The van der Waals surface area contributed by atoms with Gasteiger partial charge in [-0.05, 0) is 31.0 Å². The molecule has 1 aromatic carbocycles. The molecule has 1 amide bonds. The molecular formula is C14H19ClN2O3S. The monoisotopic (exact) mass is 330 g/mol. The Labute approximate surface area is 130 Å². The topological polar surface area (TPSA) is 57.7 Å². The molecule has 0 aliphatic carbocycles. The number of carbonyl (C=O) groups is 1. The Morgan fingerprint density at radius 2 is 1.81 bits per heavy atom. The summed E-state index contributed by atoms with van der Waals surface area (Å²) in [6.45, 7) is 1.01. The number of rotatable bonds is 3. The lowest BCUT2D eigenvalue weighted by molar-refractivity contribution is 0.0827. The van der Waals surface area contributed by atoms with Gasteiger partial charge in [-0.2, -0.15) is 4.31 Å². The van der Waals surface area contributed by atoms with Gasteiger partial charge in [0.1, 0.15) is 4.90 Å². The molecule has 0 aromatic heterocycles. The average Bonchev–Trinajstić information content (AvgIpc) is 2.47. The Bertz CT molecular complexity index is 638. The van der Waals surface area contributed by atoms with Gasteiger partial charge in [-0.3, -0.25) is 4.79 Å². The standard InChI is InChI=1S/C14H19ClN2O3S/c1-16(2)14(18)11-6-7-12(15)13(10-11)21(19,20)17-8-4-3-5-9-17/h6-7,10H,3-5,8-9H2,1-2H3. The van der Waals surface area contributed by atoms with Gasteiger partial charge in [0.15, 0.2) is 0 Å². The molecule has 0 N–H and O–H groups in total. The molecule has 0 bridgehead atoms. The van der Waals surface area contributed by atoms with E-state index in [0.717, 1.165) is 19.3 Å². The van der Waals surface area contributed by atoms with Gasteiger partial charge in [0.05, 0.1) is 5.02 Å². The minimum absolute atomic E-state index is 0.0127. The Kier molecular flexibility index (Phi) is 4.91. The van der Waals surface area contributed by atoms with Crippen LogP contribution in [0.4, 0.5) is 0 Å². The summed E-state index contributed by atoms with van der Waals surface area (Å²) in [5.74, 6) is -0.248. The summed E-state index contributed by atoms with van der Waals surface area (Å²) >= 11 is 6.05. The van der Waals surface area contributed by atoms with Crippen LogP contribution >= 0.6 is 11.6 Å². The van der Waals surface area contributed by atoms with Crippen LogP contribution in [0.3, 0.4) is 0 Å². The molecule has 1 fully saturated rings. The van der Waals surface area contributed by atoms with E-state index in [9.17, 15) is 13.2 Å². The quantitative estimate of drug-likeness (QED) is 0.853. The number of sulfonamides is 1. The maximum absolute atomic E-state index is 12.7. The fraction of sp³-hybridized carbons (Fsp3) is 0.500. The van der Waals surface area contributed by atoms with Crippen molar-refractivity contribution in [3.05, 3.63) is 28.8 Å². The van der Waals surface area contributed by atoms with Crippen LogP contribution in [0.2, 0.25) is 5.02 Å². The SMILES string of the molecule is CN(C)C(=O)c1ccc(Cl)c(S(=O)(=O)N2CCCCC2)c1. The number of benzene rings is 1. The van der Waals surface area contributed by atoms with E-state index < -0.39 is 10.0 Å². The normalized spacial score (nSPS) is 16.7. The van der Waals surface area contributed by atoms with Crippen molar-refractivity contribution in [2.75, 3.05) is 27.2 Å². The predicted octanol–water partition coefficient (Wildman–Crippen LogP) is 2.22. The second kappa shape index (κ2) is 6.34. The molecule has 0 unspecified atom stereocenters. The van der Waals surface area contributed by atoms with Gasteiger partial charge in [-0.25, -0.2) is 8.42 Å². The highest BCUT2D eigenvalue weighted by Gasteiger charge is 2.28. The zero-order chi connectivity index (χ0) is 15.6. The summed E-state index contributed by atoms with van der Waals surface area (Å²) in [6.07, 6.45) is 2.75. The van der Waals surface area contributed by atoms with Crippen LogP contribution in [0.15, 0.2) is 23.1 Å². The van der Waals surface area contributed by atoms with Gasteiger partial charge in [0.2, 0.25) is 10.0 Å². The number of piperidine rings is 1. The second-order valence-electron chi connectivity index (χ2n) is 5.31. The molecule has 0 radical (unpaired) electrons. The zero-order valence-electron chi connectivity index (χ0n) is 12.2. The minimum Gasteiger partial charge on any atom is -0.345 e. The number of nitrogens with zero attached hydrogens (tertiary/aromatic N) is 2. The lowest BCUT2D eigenvalue weighted by Gasteiger charge is -2.26. The number of amides is 1. The molecule has 1 aromatic rings. The van der Waals surface area contributed by atoms with Crippen LogP contribution in [-0.4, -0.2) is 50.7 Å². The van der Waals surface area contributed by atoms with E-state index in [4.69, 9.17) is 11.6 Å². The van der Waals surface area contributed by atoms with E-state index >= 15 is 0 Å². The van der Waals surface area contributed by atoms with Crippen LogP contribution in [0.1, 0.15) is 29.6 Å². The maximum Gasteiger partial charge on any atom is 0.253 e. The molecule has 0 spiro atoms. The van der Waals surface area contributed by atoms with Crippen molar-refractivity contribution in [3.63, 3.8) is 0 Å². The Morgan fingerprint density at radius 3 is 2.38 bits per heavy atom. The van der Waals surface area contributed by atoms with Crippen molar-refractivity contribution in [1.29, 1.82) is 0 Å². The first-order valence-electron chi connectivity index (χ1n) is 6.85. The average molecular weight is 331 g/mol. The molecule has 7 heteroatoms. The summed E-state index contributed by atoms with van der Waals surface area (Å²) < 4.78 is 26.8. The smallest absolute Gasteiger partial charge is 0.253 e. The van der Waals surface area contributed by atoms with Crippen LogP contribution in [0.25, 0.3) is 0 Å². The third kappa shape index (κ3) is 3.39. The number of hydrogen-bond acceptors (Lipinski definition) is 3. The molecule has 5 nitrogen and oxygen atoms in total. The van der Waals surface area contributed by atoms with E-state index in [-0.39, 0.29) is 15.8 Å². The minimum atomic E-state index is -3.64. The van der Waals surface area contributed by atoms with Crippen LogP contribution < -0.4 is 0 Å². The van der Waals surface area contributed by atoms with Crippen molar-refractivity contribution in [1.82, 2.24) is 9.21 Å². The zero-order valence-corrected chi connectivity index (χ0v) is 13.7. The number of halogens is 1. The fourth-order valence-electron chi connectivity index (χ4n) is 2.34. The van der Waals surface area contributed by atoms with E-state index in [1.165, 1.54) is 21.3 Å². The first-order valence-corrected chi connectivity index (χ1v) is 8.67. The summed E-state index contributed by atoms with van der Waals surface area (Å²) in [6, 6.07) is 4.38. The third-order valence-corrected chi connectivity index (χ3v) is 5.90. The fourth-order valence-corrected chi connectivity index (χ4v) is 4.35. The van der Waals surface area contributed by atoms with Gasteiger partial charge in [-0.1, -0.05) is 18.0 Å². The molecule has 1 saturated heterocycles. The summed E-state index contributed by atoms with van der Waals surface area (Å²) in [4.78, 5) is 13.4. The molecule has 0 saturated carbocycles. The molecular weight excluding hydrogens is 312 g/mol. The summed E-state index contributed by atoms with van der Waals surface area (Å²) in [7, 11) is -0.402. The highest BCUT2D eigenvalue weighted by molar-refractivity contribution is 7.89. The molecule has 0 atom stereocenters. The van der Waals surface area contributed by atoms with Gasteiger partial charge in [0, 0.05) is 32.7 Å². The van der Waals surface area contributed by atoms with Gasteiger partial charge >= 0.3 is 0 Å². The van der Waals surface area contributed by atoms with Crippen molar-refractivity contribution < 1.29 is 13.2 Å². The second-order valence-corrected chi connectivity index (χ2v) is 7.62. The maximum atomic E-state index is 12.7. The van der Waals surface area contributed by atoms with Crippen molar-refractivity contribution in [3.8, 4) is 0 Å². The Hall–Kier alpha value is -1.11. The predicted molar refractivity (Wildman–Crippen MR) is 82.1 cm³/mol. The molecule has 21 heavy (non-hydrogen) atoms. The van der Waals surface area contributed by atoms with E-state index in [2.05, 4.69) is 0 Å². The van der Waals surface area contributed by atoms with Gasteiger partial charge < -0.3 is 4.90 Å². The number of carbonyl (C=O) groups excluding carboxylic acids is 1. The van der Waals surface area contributed by atoms with Crippen molar-refractivity contribution in [2.24, 2.45) is 0 Å². The molecule has 2 rings (SSSR count). The molecule has 1 aliphatic heterocycles. The number of hydrogen-bond donors (Lipinski definition) is 0. The van der Waals surface area contributed by atoms with E-state index in [0.29, 0.717) is 18.7 Å². The van der Waals surface area contributed by atoms with E-state index in [1.54, 1.807) is 20.2 Å². The summed E-state index contributed by atoms with van der Waals surface area (Å²) in [5, 5.41) is 0.149. The van der Waals surface area contributed by atoms with Crippen LogP contribution in [0.5, 0.6) is 0 Å². The third-order valence-electron chi connectivity index (χ3n) is 3.52. The van der Waals surface area contributed by atoms with Crippen molar-refractivity contribution in [2.45, 2.75) is 24.2 Å². The molecule has 116 valence electrons. The van der Waals surface area contributed by atoms with Gasteiger partial charge in [0.25, 0.3) is 5.91 Å². The van der Waals surface area contributed by atoms with Crippen LogP contribution in [0, 0.1) is 0 Å². The van der Waals surface area contributed by atoms with Gasteiger partial charge in [-0.15, -0.1) is 0 Å². The van der Waals surface area contributed by atoms with Crippen LogP contribution in [-0.2, 0) is 10.0 Å². The Balaban J connectivity index is 2.42. The summed E-state index contributed by atoms with van der Waals surface area (Å²) in [5.41, 5.74) is 0.319. The van der Waals surface area contributed by atoms with E-state index in [1.807, 2.05) is 0 Å². The molecule has 1 aliphatic rings.